The summed E-state index contributed by atoms with van der Waals surface area (Å²) in [5.74, 6) is 0.239. The van der Waals surface area contributed by atoms with E-state index >= 15 is 0 Å². The number of hydrogen-bond donors (Lipinski definition) is 2. The Morgan fingerprint density at radius 2 is 1.93 bits per heavy atom. The summed E-state index contributed by atoms with van der Waals surface area (Å²) in [6, 6.07) is 10.8. The zero-order chi connectivity index (χ0) is 20.9. The predicted octanol–water partition coefficient (Wildman–Crippen LogP) is 2.51. The Morgan fingerprint density at radius 3 is 2.62 bits per heavy atom. The third kappa shape index (κ3) is 4.88. The van der Waals surface area contributed by atoms with E-state index in [-0.39, 0.29) is 13.0 Å². The molecule has 3 rings (SSSR count). The Morgan fingerprint density at radius 1 is 1.14 bits per heavy atom. The zero-order valence-electron chi connectivity index (χ0n) is 16.5. The molecule has 3 aromatic rings. The second-order valence-electron chi connectivity index (χ2n) is 6.83. The maximum absolute atomic E-state index is 12.4. The van der Waals surface area contributed by atoms with Gasteiger partial charge in [-0.25, -0.2) is 14.8 Å². The molecule has 0 aliphatic carbocycles. The lowest BCUT2D eigenvalue weighted by molar-refractivity contribution is -0.142. The fourth-order valence-corrected chi connectivity index (χ4v) is 3.02. The number of anilines is 1. The van der Waals surface area contributed by atoms with Crippen molar-refractivity contribution in [3.63, 3.8) is 0 Å². The molecule has 152 valence electrons. The third-order valence-corrected chi connectivity index (χ3v) is 4.35. The SMILES string of the molecule is COC[C@](C)(CC(=O)OC)NC(=O)Nc1ccc(-n2cnc3ccccc32)nc1. The third-order valence-electron chi connectivity index (χ3n) is 4.35. The minimum Gasteiger partial charge on any atom is -0.469 e. The molecule has 2 N–H and O–H groups in total. The molecule has 1 atom stereocenters. The first-order chi connectivity index (χ1) is 13.9. The molecule has 2 aromatic heterocycles. The first-order valence-corrected chi connectivity index (χ1v) is 8.97. The number of ether oxygens (including phenoxy) is 2. The van der Waals surface area contributed by atoms with Crippen molar-refractivity contribution in [3.8, 4) is 5.82 Å². The van der Waals surface area contributed by atoms with E-state index in [0.717, 1.165) is 11.0 Å². The molecule has 1 aromatic carbocycles. The Balaban J connectivity index is 1.68. The van der Waals surface area contributed by atoms with Crippen molar-refractivity contribution in [2.45, 2.75) is 18.9 Å². The van der Waals surface area contributed by atoms with Gasteiger partial charge in [-0.2, -0.15) is 0 Å². The number of para-hydroxylation sites is 2. The molecule has 0 saturated heterocycles. The first kappa shape index (κ1) is 20.3. The van der Waals surface area contributed by atoms with Crippen LogP contribution in [-0.4, -0.2) is 52.9 Å². The highest BCUT2D eigenvalue weighted by atomic mass is 16.5. The molecule has 0 unspecified atom stereocenters. The summed E-state index contributed by atoms with van der Waals surface area (Å²) in [5.41, 5.74) is 1.42. The molecular formula is C20H23N5O4. The highest BCUT2D eigenvalue weighted by molar-refractivity contribution is 5.90. The Kier molecular flexibility index (Phi) is 6.08. The van der Waals surface area contributed by atoms with E-state index in [1.165, 1.54) is 14.2 Å². The first-order valence-electron chi connectivity index (χ1n) is 8.97. The molecule has 29 heavy (non-hydrogen) atoms. The van der Waals surface area contributed by atoms with E-state index in [1.807, 2.05) is 28.8 Å². The normalized spacial score (nSPS) is 12.9. The minimum absolute atomic E-state index is 0.0182. The highest BCUT2D eigenvalue weighted by Gasteiger charge is 2.30. The number of aromatic nitrogens is 3. The van der Waals surface area contributed by atoms with Gasteiger partial charge in [0.2, 0.25) is 0 Å². The van der Waals surface area contributed by atoms with Crippen molar-refractivity contribution in [3.05, 3.63) is 48.9 Å². The van der Waals surface area contributed by atoms with Gasteiger partial charge in [0.05, 0.1) is 48.6 Å². The van der Waals surface area contributed by atoms with Crippen molar-refractivity contribution in [1.29, 1.82) is 0 Å². The standard InChI is InChI=1S/C20H23N5O4/c1-20(12-28-2,10-18(26)29-3)24-19(27)23-14-8-9-17(21-11-14)25-13-22-15-6-4-5-7-16(15)25/h4-9,11,13H,10,12H2,1-3H3,(H2,23,24,27)/t20-/m0/s1. The van der Waals surface area contributed by atoms with Gasteiger partial charge in [0.25, 0.3) is 0 Å². The van der Waals surface area contributed by atoms with E-state index in [0.29, 0.717) is 11.5 Å². The van der Waals surface area contributed by atoms with Crippen molar-refractivity contribution < 1.29 is 19.1 Å². The van der Waals surface area contributed by atoms with Crippen LogP contribution >= 0.6 is 0 Å². The van der Waals surface area contributed by atoms with Gasteiger partial charge >= 0.3 is 12.0 Å². The Labute approximate surface area is 168 Å². The van der Waals surface area contributed by atoms with Gasteiger partial charge in [0.1, 0.15) is 12.1 Å². The number of carbonyl (C=O) groups is 2. The number of nitrogens with one attached hydrogen (secondary N) is 2. The largest absolute Gasteiger partial charge is 0.469 e. The van der Waals surface area contributed by atoms with Gasteiger partial charge in [-0.15, -0.1) is 0 Å². The van der Waals surface area contributed by atoms with Crippen LogP contribution in [0, 0.1) is 0 Å². The molecule has 0 radical (unpaired) electrons. The van der Waals surface area contributed by atoms with Crippen LogP contribution in [0.15, 0.2) is 48.9 Å². The molecule has 2 amide bonds. The van der Waals surface area contributed by atoms with Crippen LogP contribution in [0.1, 0.15) is 13.3 Å². The van der Waals surface area contributed by atoms with E-state index in [2.05, 4.69) is 25.3 Å². The second kappa shape index (κ2) is 8.70. The van der Waals surface area contributed by atoms with Crippen molar-refractivity contribution in [2.24, 2.45) is 0 Å². The van der Waals surface area contributed by atoms with Crippen LogP contribution in [0.25, 0.3) is 16.9 Å². The quantitative estimate of drug-likeness (QED) is 0.593. The fourth-order valence-electron chi connectivity index (χ4n) is 3.02. The van der Waals surface area contributed by atoms with Gasteiger partial charge in [-0.3, -0.25) is 9.36 Å². The topological polar surface area (TPSA) is 107 Å². The zero-order valence-corrected chi connectivity index (χ0v) is 16.5. The molecule has 2 heterocycles. The number of pyridine rings is 1. The van der Waals surface area contributed by atoms with Crippen LogP contribution in [0.4, 0.5) is 10.5 Å². The second-order valence-corrected chi connectivity index (χ2v) is 6.83. The number of fused-ring (bicyclic) bond motifs is 1. The van der Waals surface area contributed by atoms with Crippen molar-refractivity contribution in [1.82, 2.24) is 19.9 Å². The van der Waals surface area contributed by atoms with Crippen LogP contribution in [0.5, 0.6) is 0 Å². The summed E-state index contributed by atoms with van der Waals surface area (Å²) in [6.07, 6.45) is 3.24. The van der Waals surface area contributed by atoms with Gasteiger partial charge in [0, 0.05) is 7.11 Å². The Hall–Kier alpha value is -3.46. The summed E-state index contributed by atoms with van der Waals surface area (Å²) in [5, 5.41) is 5.47. The summed E-state index contributed by atoms with van der Waals surface area (Å²) in [4.78, 5) is 32.8. The predicted molar refractivity (Wildman–Crippen MR) is 108 cm³/mol. The summed E-state index contributed by atoms with van der Waals surface area (Å²) >= 11 is 0. The molecule has 0 saturated carbocycles. The van der Waals surface area contributed by atoms with Crippen molar-refractivity contribution >= 4 is 28.7 Å². The van der Waals surface area contributed by atoms with Gasteiger partial charge in [-0.1, -0.05) is 12.1 Å². The van der Waals surface area contributed by atoms with Crippen LogP contribution in [0.3, 0.4) is 0 Å². The monoisotopic (exact) mass is 397 g/mol. The molecule has 9 heteroatoms. The van der Waals surface area contributed by atoms with Crippen LogP contribution in [-0.2, 0) is 14.3 Å². The lowest BCUT2D eigenvalue weighted by atomic mass is 9.99. The van der Waals surface area contributed by atoms with Crippen LogP contribution in [0.2, 0.25) is 0 Å². The Bertz CT molecular complexity index is 1000. The lowest BCUT2D eigenvalue weighted by Crippen LogP contribution is -2.52. The summed E-state index contributed by atoms with van der Waals surface area (Å²) in [7, 11) is 2.80. The summed E-state index contributed by atoms with van der Waals surface area (Å²) < 4.78 is 11.7. The van der Waals surface area contributed by atoms with Crippen molar-refractivity contribution in [2.75, 3.05) is 26.1 Å². The number of urea groups is 1. The average Bonchev–Trinajstić information content (AvgIpc) is 3.12. The molecular weight excluding hydrogens is 374 g/mol. The maximum Gasteiger partial charge on any atom is 0.319 e. The van der Waals surface area contributed by atoms with E-state index in [9.17, 15) is 9.59 Å². The van der Waals surface area contributed by atoms with E-state index < -0.39 is 17.5 Å². The number of nitrogens with zero attached hydrogens (tertiary/aromatic N) is 3. The molecule has 0 bridgehead atoms. The lowest BCUT2D eigenvalue weighted by Gasteiger charge is -2.29. The number of hydrogen-bond acceptors (Lipinski definition) is 6. The van der Waals surface area contributed by atoms with E-state index in [1.54, 1.807) is 31.6 Å². The molecule has 0 fully saturated rings. The number of amides is 2. The molecule has 0 aliphatic heterocycles. The highest BCUT2D eigenvalue weighted by Crippen LogP contribution is 2.18. The number of carbonyl (C=O) groups excluding carboxylic acids is 2. The number of benzene rings is 1. The molecule has 9 nitrogen and oxygen atoms in total. The number of rotatable bonds is 7. The average molecular weight is 397 g/mol. The van der Waals surface area contributed by atoms with Gasteiger partial charge in [0.15, 0.2) is 0 Å². The number of esters is 1. The maximum atomic E-state index is 12.4. The summed E-state index contributed by atoms with van der Waals surface area (Å²) in [6.45, 7) is 1.86. The fraction of sp³-hybridized carbons (Fsp3) is 0.300. The van der Waals surface area contributed by atoms with Gasteiger partial charge in [-0.05, 0) is 31.2 Å². The number of imidazole rings is 1. The number of methoxy groups -OCH3 is 2. The van der Waals surface area contributed by atoms with E-state index in [4.69, 9.17) is 4.74 Å². The molecule has 0 aliphatic rings. The smallest absolute Gasteiger partial charge is 0.319 e. The van der Waals surface area contributed by atoms with Gasteiger partial charge < -0.3 is 20.1 Å². The minimum atomic E-state index is -0.908. The molecule has 0 spiro atoms. The van der Waals surface area contributed by atoms with Crippen LogP contribution < -0.4 is 10.6 Å².